The number of alkyl halides is 6. The normalized spacial score (nSPS) is 19.8. The number of anilines is 1. The van der Waals surface area contributed by atoms with Gasteiger partial charge in [-0.1, -0.05) is 0 Å². The lowest BCUT2D eigenvalue weighted by Crippen LogP contribution is -2.56. The van der Waals surface area contributed by atoms with E-state index in [1.807, 2.05) is 0 Å². The molecule has 2 aromatic rings. The molecule has 1 aromatic carbocycles. The fourth-order valence-corrected chi connectivity index (χ4v) is 5.84. The highest BCUT2D eigenvalue weighted by molar-refractivity contribution is 7.89. The summed E-state index contributed by atoms with van der Waals surface area (Å²) in [6.45, 7) is 0.0810. The number of primary amides is 1. The number of carbonyl (C=O) groups excluding carboxylic acids is 1. The van der Waals surface area contributed by atoms with Gasteiger partial charge in [-0.25, -0.2) is 17.8 Å². The number of aliphatic hydroxyl groups is 1. The number of rotatable bonds is 5. The van der Waals surface area contributed by atoms with Gasteiger partial charge in [0.2, 0.25) is 0 Å². The average molecular weight is 547 g/mol. The van der Waals surface area contributed by atoms with E-state index in [2.05, 4.69) is 4.98 Å². The van der Waals surface area contributed by atoms with E-state index in [1.165, 1.54) is 6.92 Å². The molecule has 2 heterocycles. The van der Waals surface area contributed by atoms with Gasteiger partial charge in [-0.15, -0.1) is 0 Å². The van der Waals surface area contributed by atoms with Crippen molar-refractivity contribution in [3.05, 3.63) is 41.6 Å². The number of aryl methyl sites for hydroxylation is 1. The first-order chi connectivity index (χ1) is 16.3. The van der Waals surface area contributed by atoms with Crippen molar-refractivity contribution >= 4 is 21.6 Å². The van der Waals surface area contributed by atoms with E-state index in [9.17, 15) is 49.1 Å². The smallest absolute Gasteiger partial charge is 0.368 e. The van der Waals surface area contributed by atoms with Gasteiger partial charge >= 0.3 is 12.4 Å². The largest absolute Gasteiger partial charge is 0.432 e. The van der Waals surface area contributed by atoms with E-state index in [4.69, 9.17) is 5.73 Å². The van der Waals surface area contributed by atoms with E-state index in [-0.39, 0.29) is 13.1 Å². The molecule has 2 atom stereocenters. The van der Waals surface area contributed by atoms with Crippen molar-refractivity contribution in [3.8, 4) is 0 Å². The number of nitrogens with zero attached hydrogens (tertiary/aromatic N) is 4. The van der Waals surface area contributed by atoms with Crippen LogP contribution in [0.3, 0.4) is 0 Å². The molecule has 1 aliphatic heterocycles. The van der Waals surface area contributed by atoms with Crippen molar-refractivity contribution in [2.75, 3.05) is 24.5 Å². The number of benzene rings is 1. The van der Waals surface area contributed by atoms with Crippen LogP contribution in [0.15, 0.2) is 29.6 Å². The van der Waals surface area contributed by atoms with E-state index >= 15 is 0 Å². The van der Waals surface area contributed by atoms with Crippen molar-refractivity contribution < 1.29 is 49.1 Å². The fraction of sp³-hybridized carbons (Fsp3) is 0.474. The summed E-state index contributed by atoms with van der Waals surface area (Å²) >= 11 is 0. The molecule has 1 fully saturated rings. The molecule has 1 saturated heterocycles. The van der Waals surface area contributed by atoms with Crippen LogP contribution in [-0.2, 0) is 33.6 Å². The number of carbonyl (C=O) groups is 1. The molecule has 3 N–H and O–H groups in total. The lowest BCUT2D eigenvalue weighted by atomic mass is 9.98. The number of imidazole rings is 1. The molecule has 0 spiro atoms. The van der Waals surface area contributed by atoms with Crippen molar-refractivity contribution in [2.45, 2.75) is 35.9 Å². The Morgan fingerprint density at radius 2 is 1.78 bits per heavy atom. The number of hydrogen-bond acceptors (Lipinski definition) is 6. The highest BCUT2D eigenvalue weighted by atomic mass is 32.2. The van der Waals surface area contributed by atoms with E-state index < -0.39 is 74.3 Å². The number of aromatic nitrogens is 2. The van der Waals surface area contributed by atoms with Gasteiger partial charge in [0, 0.05) is 38.4 Å². The highest BCUT2D eigenvalue weighted by Crippen LogP contribution is 2.42. The summed E-state index contributed by atoms with van der Waals surface area (Å²) in [7, 11) is -4.01. The lowest BCUT2D eigenvalue weighted by molar-refractivity contribution is -0.258. The van der Waals surface area contributed by atoms with Crippen LogP contribution >= 0.6 is 0 Å². The number of hydrogen-bond donors (Lipinski definition) is 2. The predicted octanol–water partition coefficient (Wildman–Crippen LogP) is 1.71. The van der Waals surface area contributed by atoms with Crippen molar-refractivity contribution in [1.82, 2.24) is 13.9 Å². The maximum atomic E-state index is 13.7. The first-order valence-electron chi connectivity index (χ1n) is 10.1. The number of nitrogens with two attached hydrogens (primary N) is 1. The molecule has 0 saturated carbocycles. The average Bonchev–Trinajstić information content (AvgIpc) is 3.13. The van der Waals surface area contributed by atoms with Crippen molar-refractivity contribution in [3.63, 3.8) is 0 Å². The quantitative estimate of drug-likeness (QED) is 0.550. The standard InChI is InChI=1S/C19H20F7N5O4S/c1-10-8-30(13-4-3-11(20)7-12(13)18(21,22)23)5-6-31(10)36(34,35)15-14(29(2)9-28-15)17(33,16(27)32)19(24,25)26/h3-4,7,9-10,33H,5-6,8H2,1-2H3,(H2,27,32)/t10-,17-/m1/s1. The van der Waals surface area contributed by atoms with Gasteiger partial charge < -0.3 is 20.3 Å². The van der Waals surface area contributed by atoms with Gasteiger partial charge in [-0.05, 0) is 25.1 Å². The Kier molecular flexibility index (Phi) is 6.82. The summed E-state index contributed by atoms with van der Waals surface area (Å²) in [6.07, 6.45) is -9.99. The number of sulfonamides is 1. The van der Waals surface area contributed by atoms with Gasteiger partial charge in [0.15, 0.2) is 5.03 Å². The molecule has 1 amide bonds. The van der Waals surface area contributed by atoms with Gasteiger partial charge in [-0.3, -0.25) is 4.79 Å². The Morgan fingerprint density at radius 3 is 2.28 bits per heavy atom. The molecule has 0 unspecified atom stereocenters. The maximum Gasteiger partial charge on any atom is 0.432 e. The van der Waals surface area contributed by atoms with Gasteiger partial charge in [0.1, 0.15) is 11.5 Å². The van der Waals surface area contributed by atoms with Crippen molar-refractivity contribution in [1.29, 1.82) is 0 Å². The van der Waals surface area contributed by atoms with Crippen LogP contribution in [0.2, 0.25) is 0 Å². The van der Waals surface area contributed by atoms with Crippen LogP contribution in [0.4, 0.5) is 36.4 Å². The lowest BCUT2D eigenvalue weighted by Gasteiger charge is -2.40. The fourth-order valence-electron chi connectivity index (χ4n) is 4.04. The highest BCUT2D eigenvalue weighted by Gasteiger charge is 2.64. The molecule has 1 aliphatic rings. The SMILES string of the molecule is C[C@@H]1CN(c2ccc(F)cc2C(F)(F)F)CCN1S(=O)(=O)c1ncn(C)c1[C@@](O)(C(N)=O)C(F)(F)F. The molecule has 0 bridgehead atoms. The first-order valence-corrected chi connectivity index (χ1v) is 11.5. The Labute approximate surface area is 200 Å². The summed E-state index contributed by atoms with van der Waals surface area (Å²) in [5, 5.41) is 8.92. The Balaban J connectivity index is 2.01. The van der Waals surface area contributed by atoms with E-state index in [1.54, 1.807) is 0 Å². The molecule has 9 nitrogen and oxygen atoms in total. The third-order valence-electron chi connectivity index (χ3n) is 5.74. The van der Waals surface area contributed by atoms with E-state index in [0.29, 0.717) is 21.3 Å². The third-order valence-corrected chi connectivity index (χ3v) is 7.68. The molecule has 0 aliphatic carbocycles. The van der Waals surface area contributed by atoms with Crippen LogP contribution in [0.1, 0.15) is 18.2 Å². The van der Waals surface area contributed by atoms with Crippen molar-refractivity contribution in [2.24, 2.45) is 12.8 Å². The zero-order valence-electron chi connectivity index (χ0n) is 18.6. The zero-order chi connectivity index (χ0) is 27.4. The molecule has 200 valence electrons. The number of amides is 1. The maximum absolute atomic E-state index is 13.7. The van der Waals surface area contributed by atoms with Gasteiger partial charge in [0.05, 0.1) is 11.9 Å². The van der Waals surface area contributed by atoms with Crippen LogP contribution < -0.4 is 10.6 Å². The molecule has 17 heteroatoms. The Bertz CT molecular complexity index is 1280. The third kappa shape index (κ3) is 4.50. The van der Waals surface area contributed by atoms with Gasteiger partial charge in [-0.2, -0.15) is 30.6 Å². The minimum atomic E-state index is -5.71. The van der Waals surface area contributed by atoms with Crippen LogP contribution in [0.5, 0.6) is 0 Å². The second-order valence-electron chi connectivity index (χ2n) is 8.15. The van der Waals surface area contributed by atoms with E-state index in [0.717, 1.165) is 24.1 Å². The molecule has 36 heavy (non-hydrogen) atoms. The summed E-state index contributed by atoms with van der Waals surface area (Å²) in [6, 6.07) is 0.880. The minimum Gasteiger partial charge on any atom is -0.368 e. The molecular weight excluding hydrogens is 527 g/mol. The number of piperazine rings is 1. The van der Waals surface area contributed by atoms with Crippen LogP contribution in [0.25, 0.3) is 0 Å². The monoisotopic (exact) mass is 547 g/mol. The first kappa shape index (κ1) is 27.7. The minimum absolute atomic E-state index is 0.297. The number of halogens is 7. The molecule has 3 rings (SSSR count). The molecule has 0 radical (unpaired) electrons. The molecular formula is C19H20F7N5O4S. The summed E-state index contributed by atoms with van der Waals surface area (Å²) in [4.78, 5) is 16.3. The second kappa shape index (κ2) is 8.88. The Morgan fingerprint density at radius 1 is 1.17 bits per heavy atom. The summed E-state index contributed by atoms with van der Waals surface area (Å²) in [5.74, 6) is -3.42. The summed E-state index contributed by atoms with van der Waals surface area (Å²) < 4.78 is 123. The zero-order valence-corrected chi connectivity index (χ0v) is 19.4. The second-order valence-corrected chi connectivity index (χ2v) is 9.96. The van der Waals surface area contributed by atoms with Crippen LogP contribution in [-0.4, -0.2) is 65.1 Å². The summed E-state index contributed by atoms with van der Waals surface area (Å²) in [5.41, 5.74) is -2.74. The predicted molar refractivity (Wildman–Crippen MR) is 109 cm³/mol. The van der Waals surface area contributed by atoms with Gasteiger partial charge in [0.25, 0.3) is 21.5 Å². The topological polar surface area (TPSA) is 122 Å². The Hall–Kier alpha value is -2.92. The molecule has 1 aromatic heterocycles. The van der Waals surface area contributed by atoms with Crippen LogP contribution in [0, 0.1) is 5.82 Å².